The molecule has 3 aliphatic rings. The quantitative estimate of drug-likeness (QED) is 0.660. The van der Waals surface area contributed by atoms with Crippen LogP contribution in [0, 0.1) is 0 Å². The summed E-state index contributed by atoms with van der Waals surface area (Å²) in [6.07, 6.45) is 17.2. The van der Waals surface area contributed by atoms with Gasteiger partial charge in [0, 0.05) is 0 Å². The molecule has 88 valence electrons. The van der Waals surface area contributed by atoms with E-state index in [1.165, 1.54) is 24.9 Å². The normalized spacial score (nSPS) is 33.3. The molecular weight excluding hydrogens is 256 g/mol. The van der Waals surface area contributed by atoms with Crippen LogP contribution in [0.4, 0.5) is 0 Å². The van der Waals surface area contributed by atoms with Crippen LogP contribution in [0.5, 0.6) is 0 Å². The molecule has 0 nitrogen and oxygen atoms in total. The SMILES string of the molecule is C[C]1([Ti][C]2=CC=CC2)C=CC([Si]2(C)CCC2)=C1. The van der Waals surface area contributed by atoms with E-state index in [-0.39, 0.29) is 19.2 Å². The van der Waals surface area contributed by atoms with Crippen molar-refractivity contribution in [2.45, 2.75) is 42.1 Å². The van der Waals surface area contributed by atoms with Gasteiger partial charge >= 0.3 is 115 Å². The Hall–Kier alpha value is -0.109. The molecular formula is C15H20SiTi. The minimum absolute atomic E-state index is 0.0119. The van der Waals surface area contributed by atoms with E-state index in [9.17, 15) is 0 Å². The molecule has 2 heteroatoms. The van der Waals surface area contributed by atoms with E-state index in [0.29, 0.717) is 3.72 Å². The van der Waals surface area contributed by atoms with Crippen LogP contribution < -0.4 is 0 Å². The number of hydrogen-bond donors (Lipinski definition) is 0. The summed E-state index contributed by atoms with van der Waals surface area (Å²) in [7, 11) is -0.949. The van der Waals surface area contributed by atoms with Crippen molar-refractivity contribution in [3.8, 4) is 0 Å². The maximum absolute atomic E-state index is 2.65. The third-order valence-electron chi connectivity index (χ3n) is 4.42. The van der Waals surface area contributed by atoms with E-state index in [1.807, 2.05) is 0 Å². The van der Waals surface area contributed by atoms with Gasteiger partial charge in [-0.15, -0.1) is 0 Å². The Morgan fingerprint density at radius 3 is 2.76 bits per heavy atom. The zero-order chi connectivity index (χ0) is 11.9. The first-order valence-electron chi connectivity index (χ1n) is 6.66. The van der Waals surface area contributed by atoms with E-state index in [4.69, 9.17) is 0 Å². The van der Waals surface area contributed by atoms with E-state index in [1.54, 1.807) is 9.07 Å². The second-order valence-corrected chi connectivity index (χ2v) is 13.9. The molecule has 0 aromatic carbocycles. The van der Waals surface area contributed by atoms with Crippen molar-refractivity contribution >= 4 is 8.07 Å². The summed E-state index contributed by atoms with van der Waals surface area (Å²) in [5.74, 6) is 0. The summed E-state index contributed by atoms with van der Waals surface area (Å²) in [6.45, 7) is 5.03. The molecule has 2 aliphatic carbocycles. The van der Waals surface area contributed by atoms with Crippen molar-refractivity contribution in [1.82, 2.24) is 0 Å². The topological polar surface area (TPSA) is 0 Å². The van der Waals surface area contributed by atoms with Crippen LogP contribution in [0.25, 0.3) is 0 Å². The molecule has 0 aromatic heterocycles. The number of allylic oxidation sites excluding steroid dienone is 8. The van der Waals surface area contributed by atoms with E-state index < -0.39 is 8.07 Å². The molecule has 17 heavy (non-hydrogen) atoms. The Morgan fingerprint density at radius 2 is 2.18 bits per heavy atom. The van der Waals surface area contributed by atoms with Crippen LogP contribution in [-0.4, -0.2) is 8.07 Å². The van der Waals surface area contributed by atoms with Crippen molar-refractivity contribution in [3.63, 3.8) is 0 Å². The summed E-state index contributed by atoms with van der Waals surface area (Å²) in [4.78, 5) is 0. The van der Waals surface area contributed by atoms with Crippen molar-refractivity contribution in [2.75, 3.05) is 0 Å². The average molecular weight is 276 g/mol. The Balaban J connectivity index is 1.75. The average Bonchev–Trinajstić information content (AvgIpc) is 2.85. The van der Waals surface area contributed by atoms with Gasteiger partial charge in [0.1, 0.15) is 0 Å². The maximum atomic E-state index is 2.65. The third-order valence-corrected chi connectivity index (χ3v) is 11.4. The first-order chi connectivity index (χ1) is 8.10. The second kappa shape index (κ2) is 4.22. The predicted octanol–water partition coefficient (Wildman–Crippen LogP) is 4.61. The van der Waals surface area contributed by atoms with E-state index in [0.717, 1.165) is 0 Å². The van der Waals surface area contributed by atoms with Gasteiger partial charge in [-0.05, 0) is 0 Å². The van der Waals surface area contributed by atoms with Crippen LogP contribution in [-0.2, 0) is 19.2 Å². The number of rotatable bonds is 3. The Labute approximate surface area is 115 Å². The van der Waals surface area contributed by atoms with Crippen LogP contribution in [0.3, 0.4) is 0 Å². The van der Waals surface area contributed by atoms with Gasteiger partial charge in [-0.3, -0.25) is 0 Å². The van der Waals surface area contributed by atoms with Gasteiger partial charge in [-0.1, -0.05) is 0 Å². The fourth-order valence-corrected chi connectivity index (χ4v) is 8.69. The molecule has 1 atom stereocenters. The molecule has 0 spiro atoms. The molecule has 1 saturated heterocycles. The van der Waals surface area contributed by atoms with Gasteiger partial charge in [-0.25, -0.2) is 0 Å². The summed E-state index contributed by atoms with van der Waals surface area (Å²) in [6, 6.07) is 3.06. The van der Waals surface area contributed by atoms with Crippen LogP contribution in [0.1, 0.15) is 19.8 Å². The molecule has 0 N–H and O–H groups in total. The Morgan fingerprint density at radius 1 is 1.35 bits per heavy atom. The molecule has 0 radical (unpaired) electrons. The monoisotopic (exact) mass is 276 g/mol. The zero-order valence-electron chi connectivity index (χ0n) is 10.8. The van der Waals surface area contributed by atoms with Gasteiger partial charge in [0.05, 0.1) is 0 Å². The van der Waals surface area contributed by atoms with Crippen molar-refractivity contribution in [1.29, 1.82) is 0 Å². The zero-order valence-corrected chi connectivity index (χ0v) is 13.4. The summed E-state index contributed by atoms with van der Waals surface area (Å²) in [5.41, 5.74) is 0. The van der Waals surface area contributed by atoms with Crippen molar-refractivity contribution < 1.29 is 19.2 Å². The molecule has 0 amide bonds. The van der Waals surface area contributed by atoms with Crippen molar-refractivity contribution in [2.24, 2.45) is 0 Å². The summed E-state index contributed by atoms with van der Waals surface area (Å²) in [5, 5.41) is 1.77. The van der Waals surface area contributed by atoms with Gasteiger partial charge < -0.3 is 0 Å². The van der Waals surface area contributed by atoms with Crippen molar-refractivity contribution in [3.05, 3.63) is 45.5 Å². The first kappa shape index (κ1) is 12.0. The molecule has 1 heterocycles. The van der Waals surface area contributed by atoms with Gasteiger partial charge in [-0.2, -0.15) is 0 Å². The van der Waals surface area contributed by atoms with Crippen LogP contribution in [0.15, 0.2) is 45.5 Å². The second-order valence-electron chi connectivity index (χ2n) is 6.08. The fourth-order valence-electron chi connectivity index (χ4n) is 3.02. The molecule has 1 fully saturated rings. The standard InChI is InChI=1S/C10H15Si.C5H5.Ti/c1-9-4-5-10(8-9)11(2)6-3-7-11;1-2-4-5-3-1;/h4-5,8H,3,6-7H2,1-2H3;1-3H,4H2;. The molecule has 0 saturated carbocycles. The van der Waals surface area contributed by atoms with E-state index in [2.05, 4.69) is 49.9 Å². The van der Waals surface area contributed by atoms with Gasteiger partial charge in [0.25, 0.3) is 0 Å². The first-order valence-corrected chi connectivity index (χ1v) is 11.1. The Bertz CT molecular complexity index is 452. The number of hydrogen-bond acceptors (Lipinski definition) is 0. The van der Waals surface area contributed by atoms with Gasteiger partial charge in [0.2, 0.25) is 0 Å². The molecule has 1 aliphatic heterocycles. The third kappa shape index (κ3) is 2.25. The summed E-state index contributed by atoms with van der Waals surface area (Å²) >= 11 is -0.0119. The van der Waals surface area contributed by atoms with Crippen LogP contribution >= 0.6 is 0 Å². The predicted molar refractivity (Wildman–Crippen MR) is 73.3 cm³/mol. The Kier molecular flexibility index (Phi) is 2.97. The molecule has 1 unspecified atom stereocenters. The molecule has 0 bridgehead atoms. The minimum atomic E-state index is -0.949. The van der Waals surface area contributed by atoms with Crippen LogP contribution in [0.2, 0.25) is 22.4 Å². The summed E-state index contributed by atoms with van der Waals surface area (Å²) < 4.78 is 2.15. The van der Waals surface area contributed by atoms with Gasteiger partial charge in [0.15, 0.2) is 0 Å². The fraction of sp³-hybridized carbons (Fsp3) is 0.467. The molecule has 3 rings (SSSR count). The molecule has 0 aromatic rings. The van der Waals surface area contributed by atoms with E-state index >= 15 is 0 Å².